The number of hydrogen-bond donors (Lipinski definition) is 1. The lowest BCUT2D eigenvalue weighted by atomic mass is 9.96. The molecule has 0 aliphatic rings. The monoisotopic (exact) mass is 278 g/mol. The Kier molecular flexibility index (Phi) is 3.75. The molecule has 0 atom stereocenters. The van der Waals surface area contributed by atoms with E-state index in [2.05, 4.69) is 40.9 Å². The van der Waals surface area contributed by atoms with E-state index in [1.165, 1.54) is 16.4 Å². The Labute approximate surface area is 116 Å². The van der Waals surface area contributed by atoms with Gasteiger partial charge in [-0.3, -0.25) is 0 Å². The molecule has 0 aliphatic heterocycles. The van der Waals surface area contributed by atoms with E-state index in [1.54, 1.807) is 6.20 Å². The van der Waals surface area contributed by atoms with Crippen LogP contribution in [0.5, 0.6) is 0 Å². The van der Waals surface area contributed by atoms with Gasteiger partial charge in [0.25, 0.3) is 0 Å². The third kappa shape index (κ3) is 3.04. The van der Waals surface area contributed by atoms with Crippen LogP contribution in [0.25, 0.3) is 0 Å². The molecule has 0 fully saturated rings. The van der Waals surface area contributed by atoms with Gasteiger partial charge in [0.15, 0.2) is 5.82 Å². The van der Waals surface area contributed by atoms with Crippen LogP contribution in [0.3, 0.4) is 0 Å². The summed E-state index contributed by atoms with van der Waals surface area (Å²) in [4.78, 5) is 8.83. The van der Waals surface area contributed by atoms with E-state index in [4.69, 9.17) is 5.84 Å². The highest BCUT2D eigenvalue weighted by Crippen LogP contribution is 2.26. The first-order valence-corrected chi connectivity index (χ1v) is 6.94. The smallest absolute Gasteiger partial charge is 0.216 e. The third-order valence-corrected chi connectivity index (χ3v) is 3.45. The van der Waals surface area contributed by atoms with E-state index >= 15 is 0 Å². The van der Waals surface area contributed by atoms with Crippen molar-refractivity contribution < 1.29 is 0 Å². The van der Waals surface area contributed by atoms with Gasteiger partial charge in [-0.15, -0.1) is 10.2 Å². The van der Waals surface area contributed by atoms with E-state index in [9.17, 15) is 0 Å². The summed E-state index contributed by atoms with van der Waals surface area (Å²) in [5.74, 6) is 7.47. The van der Waals surface area contributed by atoms with Crippen molar-refractivity contribution in [3.05, 3.63) is 23.9 Å². The maximum atomic E-state index is 5.91. The van der Waals surface area contributed by atoms with E-state index in [-0.39, 0.29) is 5.41 Å². The fourth-order valence-electron chi connectivity index (χ4n) is 1.47. The molecule has 2 aromatic heterocycles. The van der Waals surface area contributed by atoms with Crippen molar-refractivity contribution in [1.29, 1.82) is 0 Å². The van der Waals surface area contributed by atoms with Gasteiger partial charge in [0.05, 0.1) is 0 Å². The van der Waals surface area contributed by atoms with Crippen LogP contribution in [0.2, 0.25) is 0 Å². The van der Waals surface area contributed by atoms with Gasteiger partial charge in [0, 0.05) is 18.0 Å². The van der Waals surface area contributed by atoms with Crippen molar-refractivity contribution in [2.75, 3.05) is 5.84 Å². The van der Waals surface area contributed by atoms with Gasteiger partial charge < -0.3 is 5.84 Å². The molecule has 0 saturated heterocycles. The quantitative estimate of drug-likeness (QED) is 0.681. The molecule has 0 spiro atoms. The number of nitrogens with two attached hydrogens (primary N) is 1. The van der Waals surface area contributed by atoms with Gasteiger partial charge in [0.1, 0.15) is 10.9 Å². The maximum absolute atomic E-state index is 5.91. The second kappa shape index (κ2) is 5.16. The van der Waals surface area contributed by atoms with E-state index in [0.717, 1.165) is 23.1 Å². The van der Waals surface area contributed by atoms with Crippen LogP contribution in [0, 0.1) is 0 Å². The highest BCUT2D eigenvalue weighted by molar-refractivity contribution is 7.99. The van der Waals surface area contributed by atoms with Crippen LogP contribution < -0.4 is 5.84 Å². The Balaban J connectivity index is 2.26. The summed E-state index contributed by atoms with van der Waals surface area (Å²) in [5.41, 5.74) is -0.0818. The van der Waals surface area contributed by atoms with Crippen LogP contribution in [0.4, 0.5) is 0 Å². The molecular weight excluding hydrogens is 260 g/mol. The number of aromatic nitrogens is 5. The summed E-state index contributed by atoms with van der Waals surface area (Å²) in [6.45, 7) is 8.23. The molecule has 102 valence electrons. The molecule has 7 heteroatoms. The second-order valence-electron chi connectivity index (χ2n) is 5.19. The molecule has 2 aromatic rings. The van der Waals surface area contributed by atoms with E-state index in [0.29, 0.717) is 5.16 Å². The molecule has 0 unspecified atom stereocenters. The van der Waals surface area contributed by atoms with Gasteiger partial charge >= 0.3 is 0 Å². The summed E-state index contributed by atoms with van der Waals surface area (Å²) in [7, 11) is 0. The summed E-state index contributed by atoms with van der Waals surface area (Å²) < 4.78 is 1.50. The van der Waals surface area contributed by atoms with Gasteiger partial charge in [-0.1, -0.05) is 27.7 Å². The number of aryl methyl sites for hydroxylation is 1. The zero-order chi connectivity index (χ0) is 14.0. The highest BCUT2D eigenvalue weighted by Gasteiger charge is 2.18. The number of nitrogens with zero attached hydrogens (tertiary/aromatic N) is 5. The fourth-order valence-corrected chi connectivity index (χ4v) is 2.21. The average Bonchev–Trinajstić information content (AvgIpc) is 2.70. The van der Waals surface area contributed by atoms with Crippen LogP contribution in [-0.2, 0) is 11.8 Å². The van der Waals surface area contributed by atoms with E-state index in [1.807, 2.05) is 13.0 Å². The topological polar surface area (TPSA) is 82.5 Å². The predicted molar refractivity (Wildman–Crippen MR) is 74.4 cm³/mol. The van der Waals surface area contributed by atoms with E-state index < -0.39 is 0 Å². The van der Waals surface area contributed by atoms with Gasteiger partial charge in [-0.2, -0.15) is 0 Å². The summed E-state index contributed by atoms with van der Waals surface area (Å²) >= 11 is 1.39. The maximum Gasteiger partial charge on any atom is 0.216 e. The first-order chi connectivity index (χ1) is 8.91. The molecule has 0 bridgehead atoms. The summed E-state index contributed by atoms with van der Waals surface area (Å²) in [5, 5.41) is 9.55. The standard InChI is InChI=1S/C12H18N6S/c1-5-8-16-17-11(18(8)13)19-9-6-7-14-10(15-9)12(2,3)4/h6-7H,5,13H2,1-4H3. The molecule has 6 nitrogen and oxygen atoms in total. The number of hydrogen-bond acceptors (Lipinski definition) is 6. The lowest BCUT2D eigenvalue weighted by Crippen LogP contribution is -2.16. The first kappa shape index (κ1) is 13.8. The molecule has 2 heterocycles. The second-order valence-corrected chi connectivity index (χ2v) is 6.18. The van der Waals surface area contributed by atoms with Crippen LogP contribution in [0.1, 0.15) is 39.3 Å². The zero-order valence-electron chi connectivity index (χ0n) is 11.6. The Morgan fingerprint density at radius 1 is 1.32 bits per heavy atom. The Hall–Kier alpha value is -1.63. The fraction of sp³-hybridized carbons (Fsp3) is 0.500. The Morgan fingerprint density at radius 3 is 2.63 bits per heavy atom. The zero-order valence-corrected chi connectivity index (χ0v) is 12.4. The SMILES string of the molecule is CCc1nnc(Sc2ccnc(C(C)(C)C)n2)n1N. The molecule has 2 rings (SSSR count). The van der Waals surface area contributed by atoms with Gasteiger partial charge in [-0.05, 0) is 17.8 Å². The molecule has 19 heavy (non-hydrogen) atoms. The minimum atomic E-state index is -0.0818. The van der Waals surface area contributed by atoms with Crippen LogP contribution >= 0.6 is 11.8 Å². The predicted octanol–water partition coefficient (Wildman–Crippen LogP) is 1.79. The molecule has 0 aliphatic carbocycles. The Bertz CT molecular complexity index is 572. The van der Waals surface area contributed by atoms with Crippen LogP contribution in [-0.4, -0.2) is 24.8 Å². The van der Waals surface area contributed by atoms with Gasteiger partial charge in [-0.25, -0.2) is 14.6 Å². The van der Waals surface area contributed by atoms with Crippen molar-refractivity contribution in [1.82, 2.24) is 24.8 Å². The number of rotatable bonds is 3. The third-order valence-electron chi connectivity index (χ3n) is 2.55. The minimum Gasteiger partial charge on any atom is -0.336 e. The average molecular weight is 278 g/mol. The largest absolute Gasteiger partial charge is 0.336 e. The molecule has 2 N–H and O–H groups in total. The normalized spacial score (nSPS) is 11.8. The van der Waals surface area contributed by atoms with Crippen molar-refractivity contribution in [3.63, 3.8) is 0 Å². The number of nitrogen functional groups attached to an aromatic ring is 1. The molecule has 0 saturated carbocycles. The minimum absolute atomic E-state index is 0.0818. The lowest BCUT2D eigenvalue weighted by Gasteiger charge is -2.16. The highest BCUT2D eigenvalue weighted by atomic mass is 32.2. The lowest BCUT2D eigenvalue weighted by molar-refractivity contribution is 0.538. The van der Waals surface area contributed by atoms with Gasteiger partial charge in [0.2, 0.25) is 5.16 Å². The molecule has 0 aromatic carbocycles. The van der Waals surface area contributed by atoms with Crippen molar-refractivity contribution in [2.45, 2.75) is 49.7 Å². The van der Waals surface area contributed by atoms with Crippen molar-refractivity contribution in [3.8, 4) is 0 Å². The van der Waals surface area contributed by atoms with Crippen LogP contribution in [0.15, 0.2) is 22.4 Å². The van der Waals surface area contributed by atoms with Crippen molar-refractivity contribution >= 4 is 11.8 Å². The summed E-state index contributed by atoms with van der Waals surface area (Å²) in [6, 6.07) is 1.85. The Morgan fingerprint density at radius 2 is 2.05 bits per heavy atom. The van der Waals surface area contributed by atoms with Crippen molar-refractivity contribution in [2.24, 2.45) is 0 Å². The molecular formula is C12H18N6S. The molecule has 0 amide bonds. The summed E-state index contributed by atoms with van der Waals surface area (Å²) in [6.07, 6.45) is 2.51. The molecule has 0 radical (unpaired) electrons. The first-order valence-electron chi connectivity index (χ1n) is 6.12.